The van der Waals surface area contributed by atoms with Crippen molar-refractivity contribution < 1.29 is 4.74 Å². The average Bonchev–Trinajstić information content (AvgIpc) is 2.50. The average molecular weight is 285 g/mol. The van der Waals surface area contributed by atoms with Crippen LogP contribution in [0.25, 0.3) is 0 Å². The summed E-state index contributed by atoms with van der Waals surface area (Å²) in [5.74, 6) is 6.14. The van der Waals surface area contributed by atoms with E-state index in [1.807, 2.05) is 0 Å². The Balaban J connectivity index is 1.30. The molecule has 5 rings (SSSR count). The van der Waals surface area contributed by atoms with Gasteiger partial charge in [-0.2, -0.15) is 0 Å². The highest BCUT2D eigenvalue weighted by Crippen LogP contribution is 2.56. The molecule has 2 nitrogen and oxygen atoms in total. The molecule has 0 heterocycles. The highest BCUT2D eigenvalue weighted by molar-refractivity contribution is 5.27. The van der Waals surface area contributed by atoms with E-state index in [9.17, 15) is 0 Å². The van der Waals surface area contributed by atoms with Gasteiger partial charge in [-0.05, 0) is 85.9 Å². The first-order valence-corrected chi connectivity index (χ1v) is 8.65. The molecule has 0 unspecified atom stereocenters. The summed E-state index contributed by atoms with van der Waals surface area (Å²) < 4.78 is 5.21. The highest BCUT2D eigenvalue weighted by Gasteiger charge is 2.47. The van der Waals surface area contributed by atoms with E-state index in [4.69, 9.17) is 4.74 Å². The molecule has 1 N–H and O–H groups in total. The Morgan fingerprint density at radius 1 is 0.952 bits per heavy atom. The summed E-state index contributed by atoms with van der Waals surface area (Å²) in [6.45, 7) is 2.22. The van der Waals surface area contributed by atoms with E-state index in [0.29, 0.717) is 0 Å². The van der Waals surface area contributed by atoms with Crippen LogP contribution in [0, 0.1) is 29.6 Å². The zero-order valence-electron chi connectivity index (χ0n) is 13.1. The number of hydrogen-bond acceptors (Lipinski definition) is 2. The molecule has 0 atom stereocenters. The molecule has 0 aromatic heterocycles. The van der Waals surface area contributed by atoms with Crippen molar-refractivity contribution in [3.8, 4) is 5.75 Å². The summed E-state index contributed by atoms with van der Waals surface area (Å²) >= 11 is 0. The summed E-state index contributed by atoms with van der Waals surface area (Å²) in [5.41, 5.74) is 1.36. The molecule has 0 saturated heterocycles. The first-order chi connectivity index (χ1) is 10.3. The van der Waals surface area contributed by atoms with Crippen molar-refractivity contribution in [3.05, 3.63) is 29.8 Å². The predicted molar refractivity (Wildman–Crippen MR) is 85.2 cm³/mol. The van der Waals surface area contributed by atoms with Crippen LogP contribution in [0.4, 0.5) is 0 Å². The molecule has 4 saturated carbocycles. The highest BCUT2D eigenvalue weighted by atomic mass is 16.5. The van der Waals surface area contributed by atoms with E-state index < -0.39 is 0 Å². The number of rotatable bonds is 5. The predicted octanol–water partition coefficient (Wildman–Crippen LogP) is 3.86. The van der Waals surface area contributed by atoms with Gasteiger partial charge in [0.15, 0.2) is 0 Å². The van der Waals surface area contributed by atoms with Gasteiger partial charge in [-0.1, -0.05) is 12.1 Å². The van der Waals surface area contributed by atoms with Crippen LogP contribution in [0.15, 0.2) is 24.3 Å². The molecule has 2 heteroatoms. The molecule has 1 aromatic rings. The maximum atomic E-state index is 5.21. The van der Waals surface area contributed by atoms with Gasteiger partial charge in [-0.3, -0.25) is 0 Å². The maximum Gasteiger partial charge on any atom is 0.118 e. The van der Waals surface area contributed by atoms with E-state index >= 15 is 0 Å². The molecule has 0 radical (unpaired) electrons. The summed E-state index contributed by atoms with van der Waals surface area (Å²) in [6, 6.07) is 8.45. The van der Waals surface area contributed by atoms with Gasteiger partial charge in [0.2, 0.25) is 0 Å². The Bertz CT molecular complexity index is 453. The fraction of sp³-hybridized carbons (Fsp3) is 0.684. The van der Waals surface area contributed by atoms with Crippen LogP contribution in [-0.4, -0.2) is 13.7 Å². The fourth-order valence-electron chi connectivity index (χ4n) is 5.50. The fourth-order valence-corrected chi connectivity index (χ4v) is 5.50. The van der Waals surface area contributed by atoms with Crippen LogP contribution in [0.3, 0.4) is 0 Å². The van der Waals surface area contributed by atoms with Crippen LogP contribution >= 0.6 is 0 Å². The van der Waals surface area contributed by atoms with Gasteiger partial charge in [-0.15, -0.1) is 0 Å². The van der Waals surface area contributed by atoms with Crippen molar-refractivity contribution in [2.24, 2.45) is 29.6 Å². The van der Waals surface area contributed by atoms with Gasteiger partial charge in [0, 0.05) is 6.54 Å². The van der Waals surface area contributed by atoms with Crippen molar-refractivity contribution in [2.75, 3.05) is 13.7 Å². The molecular formula is C19H27NO. The van der Waals surface area contributed by atoms with Crippen LogP contribution in [0.2, 0.25) is 0 Å². The van der Waals surface area contributed by atoms with Crippen LogP contribution in [0.1, 0.15) is 37.7 Å². The van der Waals surface area contributed by atoms with Crippen LogP contribution < -0.4 is 10.1 Å². The minimum Gasteiger partial charge on any atom is -0.497 e. The summed E-state index contributed by atoms with van der Waals surface area (Å²) in [5, 5.41) is 3.73. The standard InChI is InChI=1S/C19H27NO/c1-21-18-4-2-13(3-5-18)11-20-12-19-16-7-14-6-15(9-16)10-17(19)8-14/h2-5,14-17,19-20H,6-12H2,1H3. The van der Waals surface area contributed by atoms with Gasteiger partial charge in [0.25, 0.3) is 0 Å². The zero-order chi connectivity index (χ0) is 14.2. The van der Waals surface area contributed by atoms with E-state index in [-0.39, 0.29) is 0 Å². The molecule has 0 spiro atoms. The van der Waals surface area contributed by atoms with Crippen molar-refractivity contribution in [2.45, 2.75) is 38.6 Å². The summed E-state index contributed by atoms with van der Waals surface area (Å²) in [4.78, 5) is 0. The number of hydrogen-bond donors (Lipinski definition) is 1. The van der Waals surface area contributed by atoms with Crippen molar-refractivity contribution in [1.82, 2.24) is 5.32 Å². The topological polar surface area (TPSA) is 21.3 Å². The largest absolute Gasteiger partial charge is 0.497 e. The van der Waals surface area contributed by atoms with Gasteiger partial charge in [0.1, 0.15) is 5.75 Å². The third-order valence-corrected chi connectivity index (χ3v) is 6.29. The van der Waals surface area contributed by atoms with Gasteiger partial charge in [-0.25, -0.2) is 0 Å². The summed E-state index contributed by atoms with van der Waals surface area (Å²) in [6.07, 6.45) is 7.67. The molecule has 21 heavy (non-hydrogen) atoms. The molecule has 4 fully saturated rings. The molecular weight excluding hydrogens is 258 g/mol. The SMILES string of the molecule is COc1ccc(CNCC2C3CC4CC(C3)CC2C4)cc1. The van der Waals surface area contributed by atoms with Crippen molar-refractivity contribution >= 4 is 0 Å². The number of ether oxygens (including phenoxy) is 1. The second-order valence-electron chi connectivity index (χ2n) is 7.57. The second kappa shape index (κ2) is 5.64. The number of benzene rings is 1. The van der Waals surface area contributed by atoms with E-state index in [1.165, 1.54) is 37.8 Å². The lowest BCUT2D eigenvalue weighted by molar-refractivity contribution is -0.0355. The zero-order valence-corrected chi connectivity index (χ0v) is 13.1. The third-order valence-electron chi connectivity index (χ3n) is 6.29. The smallest absolute Gasteiger partial charge is 0.118 e. The minimum absolute atomic E-state index is 0.944. The molecule has 114 valence electrons. The third kappa shape index (κ3) is 2.70. The molecule has 4 aliphatic carbocycles. The monoisotopic (exact) mass is 285 g/mol. The number of nitrogens with one attached hydrogen (secondary N) is 1. The van der Waals surface area contributed by atoms with Gasteiger partial charge in [0.05, 0.1) is 7.11 Å². The first kappa shape index (κ1) is 13.6. The minimum atomic E-state index is 0.944. The molecule has 0 aliphatic heterocycles. The van der Waals surface area contributed by atoms with E-state index in [2.05, 4.69) is 29.6 Å². The second-order valence-corrected chi connectivity index (χ2v) is 7.57. The Kier molecular flexibility index (Phi) is 3.66. The lowest BCUT2D eigenvalue weighted by Crippen LogP contribution is -2.48. The molecule has 0 amide bonds. The van der Waals surface area contributed by atoms with Crippen molar-refractivity contribution in [1.29, 1.82) is 0 Å². The Hall–Kier alpha value is -1.02. The molecule has 1 aromatic carbocycles. The van der Waals surface area contributed by atoms with E-state index in [0.717, 1.165) is 41.9 Å². The first-order valence-electron chi connectivity index (χ1n) is 8.65. The van der Waals surface area contributed by atoms with Crippen LogP contribution in [0.5, 0.6) is 5.75 Å². The Labute approximate surface area is 128 Å². The Morgan fingerprint density at radius 3 is 2.14 bits per heavy atom. The van der Waals surface area contributed by atoms with Crippen LogP contribution in [-0.2, 0) is 6.54 Å². The lowest BCUT2D eigenvalue weighted by atomic mass is 9.52. The molecule has 4 aliphatic rings. The lowest BCUT2D eigenvalue weighted by Gasteiger charge is -2.54. The molecule has 4 bridgehead atoms. The number of methoxy groups -OCH3 is 1. The maximum absolute atomic E-state index is 5.21. The summed E-state index contributed by atoms with van der Waals surface area (Å²) in [7, 11) is 1.72. The normalized spacial score (nSPS) is 36.9. The van der Waals surface area contributed by atoms with Gasteiger partial charge >= 0.3 is 0 Å². The van der Waals surface area contributed by atoms with E-state index in [1.54, 1.807) is 13.5 Å². The quantitative estimate of drug-likeness (QED) is 0.887. The van der Waals surface area contributed by atoms with Gasteiger partial charge < -0.3 is 10.1 Å². The van der Waals surface area contributed by atoms with Crippen molar-refractivity contribution in [3.63, 3.8) is 0 Å². The Morgan fingerprint density at radius 2 is 1.57 bits per heavy atom.